The van der Waals surface area contributed by atoms with E-state index < -0.39 is 39.0 Å². The van der Waals surface area contributed by atoms with E-state index in [2.05, 4.69) is 68.5 Å². The maximum absolute atomic E-state index is 15.0. The van der Waals surface area contributed by atoms with Crippen LogP contribution >= 0.6 is 11.8 Å². The number of hydrogen-bond acceptors (Lipinski definition) is 5. The van der Waals surface area contributed by atoms with Crippen LogP contribution in [0.1, 0.15) is 81.1 Å². The van der Waals surface area contributed by atoms with Gasteiger partial charge >= 0.3 is 0 Å². The van der Waals surface area contributed by atoms with Crippen LogP contribution < -0.4 is 0 Å². The summed E-state index contributed by atoms with van der Waals surface area (Å²) in [7, 11) is 1.76. The number of rotatable bonds is 12. The van der Waals surface area contributed by atoms with Gasteiger partial charge in [0.15, 0.2) is 0 Å². The molecular weight excluding hydrogens is 522 g/mol. The van der Waals surface area contributed by atoms with Gasteiger partial charge in [0.2, 0.25) is 17.7 Å². The summed E-state index contributed by atoms with van der Waals surface area (Å²) in [6.45, 7) is 25.2. The van der Waals surface area contributed by atoms with Gasteiger partial charge in [0.25, 0.3) is 0 Å². The second-order valence-electron chi connectivity index (χ2n) is 14.7. The molecule has 7 nitrogen and oxygen atoms in total. The summed E-state index contributed by atoms with van der Waals surface area (Å²) in [5, 5.41) is 10.6. The molecule has 40 heavy (non-hydrogen) atoms. The van der Waals surface area contributed by atoms with E-state index in [4.69, 9.17) is 0 Å². The molecule has 0 aromatic rings. The third kappa shape index (κ3) is 5.64. The van der Waals surface area contributed by atoms with Crippen molar-refractivity contribution in [3.63, 3.8) is 0 Å². The molecule has 226 valence electrons. The van der Waals surface area contributed by atoms with Crippen molar-refractivity contribution in [2.24, 2.45) is 23.2 Å². The van der Waals surface area contributed by atoms with Crippen LogP contribution in [0.4, 0.5) is 0 Å². The summed E-state index contributed by atoms with van der Waals surface area (Å²) in [5.74, 6) is -1.25. The predicted octanol–water partition coefficient (Wildman–Crippen LogP) is 4.75. The lowest BCUT2D eigenvalue weighted by atomic mass is 9.66. The topological polar surface area (TPSA) is 81.2 Å². The van der Waals surface area contributed by atoms with E-state index in [9.17, 15) is 19.5 Å². The largest absolute Gasteiger partial charge is 0.394 e. The number of aliphatic hydroxyl groups excluding tert-OH is 1. The number of thioether (sulfide) groups is 1. The van der Waals surface area contributed by atoms with Crippen LogP contribution in [-0.2, 0) is 14.4 Å². The second kappa shape index (κ2) is 11.5. The molecule has 3 fully saturated rings. The van der Waals surface area contributed by atoms with Gasteiger partial charge in [0, 0.05) is 30.4 Å². The summed E-state index contributed by atoms with van der Waals surface area (Å²) in [4.78, 5) is 48.7. The number of aliphatic hydroxyl groups is 1. The maximum Gasteiger partial charge on any atom is 0.247 e. The quantitative estimate of drug-likeness (QED) is 0.340. The molecule has 0 aliphatic carbocycles. The second-order valence-corrected chi connectivity index (χ2v) is 16.6. The zero-order valence-electron chi connectivity index (χ0n) is 26.3. The summed E-state index contributed by atoms with van der Waals surface area (Å²) in [6, 6.07) is -1.25. The number of carbonyl (C=O) groups excluding carboxylic acids is 3. The fourth-order valence-corrected chi connectivity index (χ4v) is 10.4. The number of carbonyl (C=O) groups is 3. The Labute approximate surface area is 246 Å². The number of fused-ring (bicyclic) bond motifs is 1. The van der Waals surface area contributed by atoms with Crippen LogP contribution in [0, 0.1) is 23.2 Å². The van der Waals surface area contributed by atoms with Gasteiger partial charge in [0.1, 0.15) is 6.04 Å². The number of likely N-dealkylation sites (N-methyl/N-ethyl adjacent to an activating group) is 1. The molecule has 2 unspecified atom stereocenters. The van der Waals surface area contributed by atoms with E-state index in [1.807, 2.05) is 4.90 Å². The van der Waals surface area contributed by atoms with E-state index in [1.54, 1.807) is 40.8 Å². The minimum atomic E-state index is -0.755. The molecule has 3 amide bonds. The van der Waals surface area contributed by atoms with E-state index in [-0.39, 0.29) is 35.7 Å². The number of likely N-dealkylation sites (tertiary alicyclic amines) is 1. The molecular formula is C32H53N3O4S. The first-order valence-electron chi connectivity index (χ1n) is 14.8. The van der Waals surface area contributed by atoms with Crippen LogP contribution in [-0.4, -0.2) is 91.4 Å². The van der Waals surface area contributed by atoms with E-state index >= 15 is 0 Å². The summed E-state index contributed by atoms with van der Waals surface area (Å²) < 4.78 is -1.16. The molecule has 0 aromatic heterocycles. The van der Waals surface area contributed by atoms with Gasteiger partial charge in [-0.2, -0.15) is 0 Å². The van der Waals surface area contributed by atoms with Crippen molar-refractivity contribution >= 4 is 29.5 Å². The van der Waals surface area contributed by atoms with Gasteiger partial charge < -0.3 is 19.8 Å². The molecule has 3 saturated heterocycles. The predicted molar refractivity (Wildman–Crippen MR) is 164 cm³/mol. The van der Waals surface area contributed by atoms with Crippen LogP contribution in [0.5, 0.6) is 0 Å². The lowest BCUT2D eigenvalue weighted by molar-refractivity contribution is -0.150. The van der Waals surface area contributed by atoms with Crippen LogP contribution in [0.25, 0.3) is 0 Å². The van der Waals surface area contributed by atoms with Crippen molar-refractivity contribution in [2.75, 3.05) is 26.7 Å². The molecule has 0 aromatic carbocycles. The van der Waals surface area contributed by atoms with Crippen molar-refractivity contribution in [2.45, 2.75) is 108 Å². The fourth-order valence-electron chi connectivity index (χ4n) is 8.06. The molecule has 3 heterocycles. The Bertz CT molecular complexity index is 1020. The highest BCUT2D eigenvalue weighted by molar-refractivity contribution is 8.02. The van der Waals surface area contributed by atoms with E-state index in [0.717, 1.165) is 12.8 Å². The third-order valence-corrected chi connectivity index (χ3v) is 11.1. The third-order valence-electron chi connectivity index (χ3n) is 9.11. The molecule has 1 spiro atoms. The minimum absolute atomic E-state index is 0.0260. The molecule has 8 heteroatoms. The van der Waals surface area contributed by atoms with Crippen molar-refractivity contribution in [3.05, 3.63) is 25.3 Å². The zero-order chi connectivity index (χ0) is 30.4. The van der Waals surface area contributed by atoms with Gasteiger partial charge in [-0.3, -0.25) is 14.4 Å². The average Bonchev–Trinajstić information content (AvgIpc) is 3.39. The van der Waals surface area contributed by atoms with E-state index in [0.29, 0.717) is 25.9 Å². The van der Waals surface area contributed by atoms with E-state index in [1.165, 1.54) is 0 Å². The Morgan fingerprint density at radius 3 is 2.23 bits per heavy atom. The molecule has 0 saturated carbocycles. The van der Waals surface area contributed by atoms with Gasteiger partial charge in [0.05, 0.1) is 29.2 Å². The highest BCUT2D eigenvalue weighted by Gasteiger charge is 2.78. The SMILES string of the molecule is C=CCN(C)C(=O)[C@H]1[C@H]2C(=O)N([C@@H](CO)CC(C)C)C(C(=O)N(CC=C)C(C)(C)CC(C)(C)C)C23CC[C@]1(C)S3. The highest BCUT2D eigenvalue weighted by Crippen LogP contribution is 2.72. The Balaban J connectivity index is 2.19. The molecule has 2 bridgehead atoms. The van der Waals surface area contributed by atoms with Crippen molar-refractivity contribution in [1.82, 2.24) is 14.7 Å². The minimum Gasteiger partial charge on any atom is -0.394 e. The van der Waals surface area contributed by atoms with Crippen molar-refractivity contribution in [3.8, 4) is 0 Å². The van der Waals surface area contributed by atoms with Crippen LogP contribution in [0.15, 0.2) is 25.3 Å². The first kappa shape index (κ1) is 32.7. The average molecular weight is 576 g/mol. The normalized spacial score (nSPS) is 30.4. The van der Waals surface area contributed by atoms with Gasteiger partial charge in [-0.05, 0) is 57.8 Å². The monoisotopic (exact) mass is 575 g/mol. The summed E-state index contributed by atoms with van der Waals surface area (Å²) in [5.41, 5.74) is -0.522. The molecule has 3 aliphatic heterocycles. The zero-order valence-corrected chi connectivity index (χ0v) is 27.1. The van der Waals surface area contributed by atoms with Crippen LogP contribution in [0.2, 0.25) is 0 Å². The molecule has 3 aliphatic rings. The summed E-state index contributed by atoms with van der Waals surface area (Å²) >= 11 is 1.68. The number of hydrogen-bond donors (Lipinski definition) is 1. The molecule has 0 radical (unpaired) electrons. The first-order valence-corrected chi connectivity index (χ1v) is 15.6. The number of amides is 3. The van der Waals surface area contributed by atoms with Gasteiger partial charge in [-0.25, -0.2) is 0 Å². The number of nitrogens with zero attached hydrogens (tertiary/aromatic N) is 3. The van der Waals surface area contributed by atoms with Gasteiger partial charge in [-0.1, -0.05) is 46.8 Å². The van der Waals surface area contributed by atoms with Gasteiger partial charge in [-0.15, -0.1) is 24.9 Å². The lowest BCUT2D eigenvalue weighted by Gasteiger charge is -2.46. The molecule has 6 atom stereocenters. The molecule has 3 rings (SSSR count). The fraction of sp³-hybridized carbons (Fsp3) is 0.781. The highest BCUT2D eigenvalue weighted by atomic mass is 32.2. The maximum atomic E-state index is 15.0. The Hall–Kier alpha value is -1.80. The smallest absolute Gasteiger partial charge is 0.247 e. The molecule has 1 N–H and O–H groups in total. The van der Waals surface area contributed by atoms with Crippen molar-refractivity contribution < 1.29 is 19.5 Å². The first-order chi connectivity index (χ1) is 18.4. The van der Waals surface area contributed by atoms with Crippen LogP contribution in [0.3, 0.4) is 0 Å². The standard InChI is InChI=1S/C32H53N3O4S/c1-12-16-33(11)26(37)23-24-27(38)35(22(19-36)18-21(3)4)25(32(24)15-14-31(23,10)40-32)28(39)34(17-13-2)30(8,9)20-29(5,6)7/h12-13,21-25,36H,1-2,14-20H2,3-11H3/t22-,23-,24+,25?,31+,32?/m1/s1. The Kier molecular flexibility index (Phi) is 9.38. The van der Waals surface area contributed by atoms with Crippen molar-refractivity contribution in [1.29, 1.82) is 0 Å². The Morgan fingerprint density at radius 2 is 1.73 bits per heavy atom. The summed E-state index contributed by atoms with van der Waals surface area (Å²) in [6.07, 6.45) is 6.25. The Morgan fingerprint density at radius 1 is 1.12 bits per heavy atom. The lowest BCUT2D eigenvalue weighted by Crippen LogP contribution is -2.61.